The molecule has 2 aromatic carbocycles. The third-order valence-corrected chi connectivity index (χ3v) is 5.69. The van der Waals surface area contributed by atoms with Crippen molar-refractivity contribution in [3.8, 4) is 11.5 Å². The van der Waals surface area contributed by atoms with Crippen molar-refractivity contribution in [2.24, 2.45) is 5.10 Å². The van der Waals surface area contributed by atoms with E-state index in [1.807, 2.05) is 13.0 Å². The fourth-order valence-electron chi connectivity index (χ4n) is 3.00. The van der Waals surface area contributed by atoms with Crippen LogP contribution in [-0.2, 0) is 4.79 Å². The van der Waals surface area contributed by atoms with E-state index in [4.69, 9.17) is 9.47 Å². The molecule has 0 unspecified atom stereocenters. The number of carbonyl (C=O) groups is 2. The van der Waals surface area contributed by atoms with Gasteiger partial charge >= 0.3 is 0 Å². The lowest BCUT2D eigenvalue weighted by atomic mass is 10.1. The number of hydrogen-bond donors (Lipinski definition) is 0. The van der Waals surface area contributed by atoms with Crippen LogP contribution in [0.2, 0.25) is 0 Å². The Balaban J connectivity index is 1.60. The minimum Gasteiger partial charge on any atom is -0.493 e. The van der Waals surface area contributed by atoms with Gasteiger partial charge in [0.2, 0.25) is 5.91 Å². The number of halogens is 1. The van der Waals surface area contributed by atoms with Crippen molar-refractivity contribution < 1.29 is 23.5 Å². The second kappa shape index (κ2) is 10.2. The van der Waals surface area contributed by atoms with Crippen LogP contribution in [-0.4, -0.2) is 43.7 Å². The molecular formula is C23H23FN2O4S. The standard InChI is InChI=1S/C23H23FN2O4S/c1-4-30-20-10-8-15(12-21(20)29-3)19(27)9-11-22(28)26(2)25-13-16-14-31-23-17(16)6-5-7-18(23)24/h5-8,10,12-14H,4,9,11H2,1-3H3/b25-13+. The Morgan fingerprint density at radius 2 is 2.00 bits per heavy atom. The van der Waals surface area contributed by atoms with Crippen molar-refractivity contribution in [2.45, 2.75) is 19.8 Å². The maximum Gasteiger partial charge on any atom is 0.242 e. The summed E-state index contributed by atoms with van der Waals surface area (Å²) in [5.41, 5.74) is 1.18. The number of thiophene rings is 1. The van der Waals surface area contributed by atoms with Gasteiger partial charge in [-0.2, -0.15) is 5.10 Å². The van der Waals surface area contributed by atoms with Crippen LogP contribution >= 0.6 is 11.3 Å². The predicted molar refractivity (Wildman–Crippen MR) is 120 cm³/mol. The number of carbonyl (C=O) groups excluding carboxylic acids is 2. The zero-order valence-electron chi connectivity index (χ0n) is 17.6. The molecular weight excluding hydrogens is 419 g/mol. The molecule has 1 amide bonds. The fraction of sp³-hybridized carbons (Fsp3) is 0.261. The SMILES string of the molecule is CCOc1ccc(C(=O)CCC(=O)N(C)/N=C/c2csc3c(F)cccc23)cc1OC. The molecule has 31 heavy (non-hydrogen) atoms. The van der Waals surface area contributed by atoms with Crippen LogP contribution in [0.15, 0.2) is 46.9 Å². The van der Waals surface area contributed by atoms with Crippen molar-refractivity contribution in [2.75, 3.05) is 20.8 Å². The summed E-state index contributed by atoms with van der Waals surface area (Å²) in [6.45, 7) is 2.35. The monoisotopic (exact) mass is 442 g/mol. The van der Waals surface area contributed by atoms with Crippen molar-refractivity contribution in [1.29, 1.82) is 0 Å². The lowest BCUT2D eigenvalue weighted by Crippen LogP contribution is -2.22. The molecule has 0 fully saturated rings. The van der Waals surface area contributed by atoms with Crippen LogP contribution in [0.3, 0.4) is 0 Å². The molecule has 3 aromatic rings. The quantitative estimate of drug-likeness (QED) is 0.268. The largest absolute Gasteiger partial charge is 0.493 e. The van der Waals surface area contributed by atoms with Gasteiger partial charge in [-0.25, -0.2) is 9.40 Å². The van der Waals surface area contributed by atoms with Crippen molar-refractivity contribution in [1.82, 2.24) is 5.01 Å². The molecule has 6 nitrogen and oxygen atoms in total. The summed E-state index contributed by atoms with van der Waals surface area (Å²) < 4.78 is 25.1. The van der Waals surface area contributed by atoms with E-state index in [-0.39, 0.29) is 30.3 Å². The summed E-state index contributed by atoms with van der Waals surface area (Å²) >= 11 is 1.29. The van der Waals surface area contributed by atoms with Crippen molar-refractivity contribution in [3.63, 3.8) is 0 Å². The van der Waals surface area contributed by atoms with Crippen LogP contribution in [0, 0.1) is 5.82 Å². The lowest BCUT2D eigenvalue weighted by Gasteiger charge is -2.12. The molecule has 0 saturated carbocycles. The molecule has 0 aliphatic rings. The molecule has 3 rings (SSSR count). The molecule has 0 spiro atoms. The van der Waals surface area contributed by atoms with Crippen LogP contribution < -0.4 is 9.47 Å². The number of nitrogens with zero attached hydrogens (tertiary/aromatic N) is 2. The molecule has 8 heteroatoms. The molecule has 162 valence electrons. The van der Waals surface area contributed by atoms with Crippen LogP contribution in [0.25, 0.3) is 10.1 Å². The normalized spacial score (nSPS) is 11.1. The Morgan fingerprint density at radius 1 is 1.19 bits per heavy atom. The zero-order chi connectivity index (χ0) is 22.4. The second-order valence-corrected chi connectivity index (χ2v) is 7.57. The van der Waals surface area contributed by atoms with E-state index in [0.29, 0.717) is 28.4 Å². The van der Waals surface area contributed by atoms with E-state index in [9.17, 15) is 14.0 Å². The summed E-state index contributed by atoms with van der Waals surface area (Å²) in [7, 11) is 3.03. The van der Waals surface area contributed by atoms with Crippen LogP contribution in [0.1, 0.15) is 35.7 Å². The summed E-state index contributed by atoms with van der Waals surface area (Å²) in [6.07, 6.45) is 1.58. The predicted octanol–water partition coefficient (Wildman–Crippen LogP) is 4.90. The maximum atomic E-state index is 13.8. The summed E-state index contributed by atoms with van der Waals surface area (Å²) in [5, 5.41) is 7.88. The zero-order valence-corrected chi connectivity index (χ0v) is 18.4. The average molecular weight is 443 g/mol. The van der Waals surface area contributed by atoms with E-state index >= 15 is 0 Å². The number of methoxy groups -OCH3 is 1. The number of ketones is 1. The highest BCUT2D eigenvalue weighted by atomic mass is 32.1. The first-order valence-electron chi connectivity index (χ1n) is 9.74. The highest BCUT2D eigenvalue weighted by Gasteiger charge is 2.15. The minimum atomic E-state index is -0.298. The molecule has 0 atom stereocenters. The first-order chi connectivity index (χ1) is 14.9. The Morgan fingerprint density at radius 3 is 2.74 bits per heavy atom. The Bertz CT molecular complexity index is 1130. The molecule has 1 aromatic heterocycles. The summed E-state index contributed by atoms with van der Waals surface area (Å²) in [5.74, 6) is 0.281. The van der Waals surface area contributed by atoms with Crippen molar-refractivity contribution in [3.05, 3.63) is 58.7 Å². The number of fused-ring (bicyclic) bond motifs is 1. The van der Waals surface area contributed by atoms with E-state index in [1.165, 1.54) is 42.8 Å². The highest BCUT2D eigenvalue weighted by molar-refractivity contribution is 7.17. The molecule has 0 N–H and O–H groups in total. The van der Waals surface area contributed by atoms with Gasteiger partial charge in [-0.05, 0) is 31.2 Å². The second-order valence-electron chi connectivity index (χ2n) is 6.69. The lowest BCUT2D eigenvalue weighted by molar-refractivity contribution is -0.129. The molecule has 0 saturated heterocycles. The molecule has 0 bridgehead atoms. The van der Waals surface area contributed by atoms with Gasteiger partial charge in [0.1, 0.15) is 5.82 Å². The number of amides is 1. The number of rotatable bonds is 9. The molecule has 0 aliphatic carbocycles. The van der Waals surface area contributed by atoms with Crippen LogP contribution in [0.5, 0.6) is 11.5 Å². The van der Waals surface area contributed by atoms with Gasteiger partial charge in [0, 0.05) is 41.8 Å². The third kappa shape index (κ3) is 5.27. The first-order valence-corrected chi connectivity index (χ1v) is 10.6. The van der Waals surface area contributed by atoms with Gasteiger partial charge in [-0.15, -0.1) is 11.3 Å². The summed E-state index contributed by atoms with van der Waals surface area (Å²) in [6, 6.07) is 9.80. The fourth-order valence-corrected chi connectivity index (χ4v) is 3.92. The van der Waals surface area contributed by atoms with Gasteiger partial charge in [-0.1, -0.05) is 12.1 Å². The van der Waals surface area contributed by atoms with E-state index in [0.717, 1.165) is 10.9 Å². The van der Waals surface area contributed by atoms with Gasteiger partial charge in [-0.3, -0.25) is 9.59 Å². The molecule has 1 heterocycles. The van der Waals surface area contributed by atoms with Gasteiger partial charge in [0.25, 0.3) is 0 Å². The number of hydrazone groups is 1. The Kier molecular flexibility index (Phi) is 7.36. The van der Waals surface area contributed by atoms with Gasteiger partial charge in [0.05, 0.1) is 24.6 Å². The maximum absolute atomic E-state index is 13.8. The number of benzene rings is 2. The minimum absolute atomic E-state index is 0.0151. The number of ether oxygens (including phenoxy) is 2. The van der Waals surface area contributed by atoms with Crippen molar-refractivity contribution >= 4 is 39.3 Å². The molecule has 0 aliphatic heterocycles. The van der Waals surface area contributed by atoms with E-state index in [2.05, 4.69) is 5.10 Å². The Labute approximate surface area is 183 Å². The van der Waals surface area contributed by atoms with E-state index < -0.39 is 0 Å². The van der Waals surface area contributed by atoms with Gasteiger partial charge in [0.15, 0.2) is 17.3 Å². The van der Waals surface area contributed by atoms with Crippen LogP contribution in [0.4, 0.5) is 4.39 Å². The highest BCUT2D eigenvalue weighted by Crippen LogP contribution is 2.29. The molecule has 0 radical (unpaired) electrons. The smallest absolute Gasteiger partial charge is 0.242 e. The average Bonchev–Trinajstić information content (AvgIpc) is 3.20. The third-order valence-electron chi connectivity index (χ3n) is 4.66. The van der Waals surface area contributed by atoms with E-state index in [1.54, 1.807) is 29.6 Å². The van der Waals surface area contributed by atoms with Gasteiger partial charge < -0.3 is 9.47 Å². The summed E-state index contributed by atoms with van der Waals surface area (Å²) in [4.78, 5) is 24.9. The Hall–Kier alpha value is -3.26. The topological polar surface area (TPSA) is 68.2 Å². The number of Topliss-reactive ketones (excluding diaryl/α,β-unsaturated/α-hetero) is 1. The first kappa shape index (κ1) is 22.4. The number of hydrogen-bond acceptors (Lipinski definition) is 6.